The monoisotopic (exact) mass is 435 g/mol. The van der Waals surface area contributed by atoms with Gasteiger partial charge in [0, 0.05) is 0 Å². The zero-order valence-corrected chi connectivity index (χ0v) is 19.3. The number of esters is 1. The minimum Gasteiger partial charge on any atom is -0.467 e. The van der Waals surface area contributed by atoms with Gasteiger partial charge < -0.3 is 13.7 Å². The van der Waals surface area contributed by atoms with Crippen molar-refractivity contribution in [1.29, 1.82) is 0 Å². The molecule has 1 aromatic carbocycles. The van der Waals surface area contributed by atoms with Gasteiger partial charge in [-0.15, -0.1) is 0 Å². The largest absolute Gasteiger partial charge is 0.470 e. The third-order valence-corrected chi connectivity index (χ3v) is 6.69. The van der Waals surface area contributed by atoms with Crippen LogP contribution in [0.15, 0.2) is 30.3 Å². The van der Waals surface area contributed by atoms with Crippen molar-refractivity contribution < 1.29 is 31.9 Å². The number of carbonyl (C=O) groups excluding carboxylic acids is 2. The summed E-state index contributed by atoms with van der Waals surface area (Å²) in [4.78, 5) is 25.1. The molecule has 0 fully saturated rings. The summed E-state index contributed by atoms with van der Waals surface area (Å²) in [6, 6.07) is 6.95. The van der Waals surface area contributed by atoms with Gasteiger partial charge in [-0.05, 0) is 25.2 Å². The molecular formula is C18H28F3NO4Si2. The number of carbonyl (C=O) groups is 2. The minimum absolute atomic E-state index is 0.513. The molecule has 1 amide bonds. The summed E-state index contributed by atoms with van der Waals surface area (Å²) in [6.07, 6.45) is -6.19. The fourth-order valence-corrected chi connectivity index (χ4v) is 5.65. The topological polar surface area (TPSA) is 55.8 Å². The van der Waals surface area contributed by atoms with E-state index in [0.29, 0.717) is 10.1 Å². The lowest BCUT2D eigenvalue weighted by atomic mass is 10.0. The highest BCUT2D eigenvalue weighted by Gasteiger charge is 2.53. The number of rotatable bonds is 7. The molecule has 0 saturated heterocycles. The van der Waals surface area contributed by atoms with E-state index in [1.165, 1.54) is 0 Å². The van der Waals surface area contributed by atoms with Crippen LogP contribution in [0.5, 0.6) is 0 Å². The van der Waals surface area contributed by atoms with Gasteiger partial charge in [-0.25, -0.2) is 4.79 Å². The zero-order valence-electron chi connectivity index (χ0n) is 17.3. The van der Waals surface area contributed by atoms with E-state index in [-0.39, 0.29) is 0 Å². The second-order valence-corrected chi connectivity index (χ2v) is 17.7. The van der Waals surface area contributed by atoms with Crippen LogP contribution in [0.2, 0.25) is 39.3 Å². The summed E-state index contributed by atoms with van der Waals surface area (Å²) < 4.78 is 51.9. The van der Waals surface area contributed by atoms with Gasteiger partial charge in [0.05, 0.1) is 7.11 Å². The quantitative estimate of drug-likeness (QED) is 0.472. The third kappa shape index (κ3) is 6.45. The molecule has 10 heteroatoms. The molecule has 28 heavy (non-hydrogen) atoms. The van der Waals surface area contributed by atoms with E-state index >= 15 is 0 Å². The van der Waals surface area contributed by atoms with Crippen LogP contribution in [0, 0.1) is 0 Å². The molecule has 0 spiro atoms. The Balaban J connectivity index is 3.68. The van der Waals surface area contributed by atoms with Gasteiger partial charge in [0.25, 0.3) is 0 Å². The molecule has 0 radical (unpaired) electrons. The number of alkyl halides is 3. The highest BCUT2D eigenvalue weighted by atomic mass is 28.4. The van der Waals surface area contributed by atoms with E-state index in [2.05, 4.69) is 0 Å². The van der Waals surface area contributed by atoms with Crippen LogP contribution < -0.4 is 0 Å². The predicted octanol–water partition coefficient (Wildman–Crippen LogP) is 4.35. The van der Waals surface area contributed by atoms with Crippen LogP contribution >= 0.6 is 0 Å². The Morgan fingerprint density at radius 3 is 1.86 bits per heavy atom. The van der Waals surface area contributed by atoms with Crippen LogP contribution in [-0.2, 0) is 18.8 Å². The van der Waals surface area contributed by atoms with Gasteiger partial charge in [-0.2, -0.15) is 13.2 Å². The number of hydrogen-bond donors (Lipinski definition) is 0. The maximum atomic E-state index is 13.4. The fourth-order valence-electron chi connectivity index (χ4n) is 2.81. The maximum absolute atomic E-state index is 13.4. The molecule has 0 bridgehead atoms. The molecule has 158 valence electrons. The van der Waals surface area contributed by atoms with E-state index in [4.69, 9.17) is 9.16 Å². The van der Waals surface area contributed by atoms with E-state index in [1.54, 1.807) is 50.0 Å². The van der Waals surface area contributed by atoms with Gasteiger partial charge in [0.2, 0.25) is 0 Å². The van der Waals surface area contributed by atoms with Crippen molar-refractivity contribution in [3.05, 3.63) is 35.9 Å². The van der Waals surface area contributed by atoms with Gasteiger partial charge in [0.15, 0.2) is 22.6 Å². The summed E-state index contributed by atoms with van der Waals surface area (Å²) in [7, 11) is -4.21. The van der Waals surface area contributed by atoms with Crippen LogP contribution in [0.25, 0.3) is 0 Å². The van der Waals surface area contributed by atoms with Crippen LogP contribution in [0.1, 0.15) is 11.7 Å². The zero-order chi connectivity index (χ0) is 21.9. The molecule has 0 heterocycles. The van der Waals surface area contributed by atoms with Gasteiger partial charge in [-0.3, -0.25) is 4.79 Å². The second kappa shape index (κ2) is 8.79. The Morgan fingerprint density at radius 2 is 1.50 bits per heavy atom. The Labute approximate surface area is 166 Å². The van der Waals surface area contributed by atoms with Crippen molar-refractivity contribution in [2.45, 2.75) is 57.6 Å². The van der Waals surface area contributed by atoms with E-state index in [1.807, 2.05) is 19.6 Å². The molecule has 0 aromatic heterocycles. The summed E-state index contributed by atoms with van der Waals surface area (Å²) in [5.41, 5.74) is 0.513. The molecule has 0 aliphatic rings. The van der Waals surface area contributed by atoms with Crippen LogP contribution in [0.3, 0.4) is 0 Å². The molecular weight excluding hydrogens is 407 g/mol. The first-order valence-electron chi connectivity index (χ1n) is 8.80. The van der Waals surface area contributed by atoms with E-state index in [0.717, 1.165) is 7.11 Å². The SMILES string of the molecule is COC(=O)C(C(O[Si](C)(C)C)c1ccccc1)N(C(=O)C(F)(F)F)[Si](C)(C)C. The summed E-state index contributed by atoms with van der Waals surface area (Å²) in [5.74, 6) is -2.99. The number of ether oxygens (including phenoxy) is 1. The van der Waals surface area contributed by atoms with E-state index in [9.17, 15) is 22.8 Å². The number of hydrogen-bond acceptors (Lipinski definition) is 4. The van der Waals surface area contributed by atoms with Crippen molar-refractivity contribution in [1.82, 2.24) is 4.57 Å². The van der Waals surface area contributed by atoms with Crippen molar-refractivity contribution in [3.63, 3.8) is 0 Å². The molecule has 5 nitrogen and oxygen atoms in total. The summed E-state index contributed by atoms with van der Waals surface area (Å²) in [6.45, 7) is 10.3. The van der Waals surface area contributed by atoms with Crippen molar-refractivity contribution in [2.24, 2.45) is 0 Å². The van der Waals surface area contributed by atoms with Crippen LogP contribution in [0.4, 0.5) is 13.2 Å². The first kappa shape index (κ1) is 24.4. The molecule has 0 saturated carbocycles. The fraction of sp³-hybridized carbons (Fsp3) is 0.556. The number of nitrogens with zero attached hydrogens (tertiary/aromatic N) is 1. The first-order valence-corrected chi connectivity index (χ1v) is 15.7. The van der Waals surface area contributed by atoms with Crippen molar-refractivity contribution in [2.75, 3.05) is 7.11 Å². The molecule has 0 aliphatic heterocycles. The molecule has 0 aliphatic carbocycles. The van der Waals surface area contributed by atoms with Gasteiger partial charge >= 0.3 is 18.1 Å². The minimum atomic E-state index is -5.12. The molecule has 1 rings (SSSR count). The maximum Gasteiger partial charge on any atom is 0.470 e. The summed E-state index contributed by atoms with van der Waals surface area (Å²) in [5, 5.41) is 0. The van der Waals surface area contributed by atoms with Crippen LogP contribution in [-0.4, -0.2) is 52.3 Å². The van der Waals surface area contributed by atoms with Gasteiger partial charge in [-0.1, -0.05) is 50.0 Å². The molecule has 2 unspecified atom stereocenters. The highest BCUT2D eigenvalue weighted by molar-refractivity contribution is 6.75. The summed E-state index contributed by atoms with van der Waals surface area (Å²) >= 11 is 0. The molecule has 0 N–H and O–H groups in total. The average molecular weight is 436 g/mol. The number of amides is 1. The van der Waals surface area contributed by atoms with Crippen molar-refractivity contribution in [3.8, 4) is 0 Å². The lowest BCUT2D eigenvalue weighted by molar-refractivity contribution is -0.186. The first-order chi connectivity index (χ1) is 12.6. The number of halogens is 3. The van der Waals surface area contributed by atoms with Crippen molar-refractivity contribution >= 4 is 28.4 Å². The highest BCUT2D eigenvalue weighted by Crippen LogP contribution is 2.34. The predicted molar refractivity (Wildman–Crippen MR) is 106 cm³/mol. The Morgan fingerprint density at radius 1 is 1.00 bits per heavy atom. The second-order valence-electron chi connectivity index (χ2n) is 8.37. The Hall–Kier alpha value is -1.66. The normalized spacial score (nSPS) is 14.9. The number of methoxy groups -OCH3 is 1. The molecule has 2 atom stereocenters. The Bertz CT molecular complexity index is 685. The Kier molecular flexibility index (Phi) is 7.65. The van der Waals surface area contributed by atoms with E-state index < -0.39 is 46.8 Å². The lowest BCUT2D eigenvalue weighted by Gasteiger charge is -2.44. The molecule has 1 aromatic rings. The smallest absolute Gasteiger partial charge is 0.467 e. The lowest BCUT2D eigenvalue weighted by Crippen LogP contribution is -2.63. The number of benzene rings is 1. The standard InChI is InChI=1S/C18H28F3NO4Si2/c1-25-16(23)14(22(27(2,3)4)17(24)18(19,20)21)15(26-28(5,6)7)13-11-9-8-10-12-13/h8-12,14-15H,1-7H3. The van der Waals surface area contributed by atoms with Gasteiger partial charge in [0.1, 0.15) is 6.10 Å². The third-order valence-electron chi connectivity index (χ3n) is 3.80. The average Bonchev–Trinajstić information content (AvgIpc) is 2.54.